The van der Waals surface area contributed by atoms with Crippen LogP contribution in [0.5, 0.6) is 0 Å². The molecule has 0 fully saturated rings. The molecule has 2 amide bonds. The number of benzene rings is 1. The van der Waals surface area contributed by atoms with Gasteiger partial charge in [0.15, 0.2) is 5.82 Å². The van der Waals surface area contributed by atoms with Gasteiger partial charge in [0.25, 0.3) is 0 Å². The van der Waals surface area contributed by atoms with Crippen LogP contribution in [-0.4, -0.2) is 16.0 Å². The summed E-state index contributed by atoms with van der Waals surface area (Å²) in [4.78, 5) is 19.2. The maximum Gasteiger partial charge on any atom is 0.317 e. The van der Waals surface area contributed by atoms with Gasteiger partial charge in [-0.25, -0.2) is 14.8 Å². The predicted molar refractivity (Wildman–Crippen MR) is 57.5 cm³/mol. The number of amides is 2. The van der Waals surface area contributed by atoms with Gasteiger partial charge in [0.1, 0.15) is 0 Å². The molecule has 1 aromatic heterocycles. The molecular formula is C10H10N4O. The van der Waals surface area contributed by atoms with Crippen LogP contribution in [0.25, 0.3) is 11.0 Å². The summed E-state index contributed by atoms with van der Waals surface area (Å²) in [5.74, 6) is 0.404. The van der Waals surface area contributed by atoms with Gasteiger partial charge >= 0.3 is 6.03 Å². The number of fused-ring (bicyclic) bond motifs is 1. The van der Waals surface area contributed by atoms with Gasteiger partial charge < -0.3 is 5.73 Å². The highest BCUT2D eigenvalue weighted by atomic mass is 16.2. The zero-order chi connectivity index (χ0) is 10.8. The fourth-order valence-electron chi connectivity index (χ4n) is 1.32. The number of anilines is 1. The van der Waals surface area contributed by atoms with Crippen molar-refractivity contribution >= 4 is 22.9 Å². The van der Waals surface area contributed by atoms with Crippen molar-refractivity contribution in [1.82, 2.24) is 9.97 Å². The Hall–Kier alpha value is -2.17. The van der Waals surface area contributed by atoms with Crippen LogP contribution >= 0.6 is 0 Å². The molecule has 0 saturated heterocycles. The lowest BCUT2D eigenvalue weighted by Crippen LogP contribution is -2.21. The summed E-state index contributed by atoms with van der Waals surface area (Å²) in [5, 5.41) is 2.43. The highest BCUT2D eigenvalue weighted by molar-refractivity contribution is 5.88. The number of rotatable bonds is 1. The number of urea groups is 1. The second-order valence-electron chi connectivity index (χ2n) is 3.14. The molecule has 2 rings (SSSR count). The number of aryl methyl sites for hydroxylation is 1. The lowest BCUT2D eigenvalue weighted by atomic mass is 10.3. The van der Waals surface area contributed by atoms with Crippen molar-refractivity contribution in [2.75, 3.05) is 5.32 Å². The first-order chi connectivity index (χ1) is 7.16. The number of hydrogen-bond donors (Lipinski definition) is 2. The van der Waals surface area contributed by atoms with Crippen LogP contribution in [0.15, 0.2) is 24.3 Å². The van der Waals surface area contributed by atoms with Gasteiger partial charge in [0.2, 0.25) is 0 Å². The molecule has 0 bridgehead atoms. The number of primary amides is 1. The quantitative estimate of drug-likeness (QED) is 0.733. The van der Waals surface area contributed by atoms with E-state index in [1.165, 1.54) is 0 Å². The Bertz CT molecular complexity index is 524. The van der Waals surface area contributed by atoms with Crippen molar-refractivity contribution < 1.29 is 4.79 Å². The summed E-state index contributed by atoms with van der Waals surface area (Å²) in [6.45, 7) is 1.77. The molecule has 15 heavy (non-hydrogen) atoms. The Labute approximate surface area is 86.3 Å². The van der Waals surface area contributed by atoms with Crippen molar-refractivity contribution in [2.45, 2.75) is 6.92 Å². The average molecular weight is 202 g/mol. The average Bonchev–Trinajstić information content (AvgIpc) is 2.18. The lowest BCUT2D eigenvalue weighted by Gasteiger charge is -2.05. The number of hydrogen-bond acceptors (Lipinski definition) is 3. The fourth-order valence-corrected chi connectivity index (χ4v) is 1.32. The van der Waals surface area contributed by atoms with Crippen LogP contribution in [0.3, 0.4) is 0 Å². The molecule has 2 aromatic rings. The van der Waals surface area contributed by atoms with Crippen LogP contribution in [0.1, 0.15) is 5.69 Å². The normalized spacial score (nSPS) is 10.2. The molecule has 0 spiro atoms. The number of para-hydroxylation sites is 2. The molecule has 1 aromatic carbocycles. The van der Waals surface area contributed by atoms with Crippen LogP contribution in [0.4, 0.5) is 10.6 Å². The first-order valence-electron chi connectivity index (χ1n) is 4.46. The van der Waals surface area contributed by atoms with Gasteiger partial charge in [-0.15, -0.1) is 0 Å². The van der Waals surface area contributed by atoms with E-state index in [0.717, 1.165) is 11.0 Å². The van der Waals surface area contributed by atoms with E-state index in [1.807, 2.05) is 24.3 Å². The third-order valence-electron chi connectivity index (χ3n) is 1.99. The molecule has 0 aliphatic rings. The largest absolute Gasteiger partial charge is 0.351 e. The van der Waals surface area contributed by atoms with E-state index < -0.39 is 6.03 Å². The molecule has 0 saturated carbocycles. The number of nitrogens with two attached hydrogens (primary N) is 1. The summed E-state index contributed by atoms with van der Waals surface area (Å²) >= 11 is 0. The highest BCUT2D eigenvalue weighted by Crippen LogP contribution is 2.15. The van der Waals surface area contributed by atoms with E-state index >= 15 is 0 Å². The topological polar surface area (TPSA) is 80.9 Å². The zero-order valence-electron chi connectivity index (χ0n) is 8.19. The number of nitrogens with one attached hydrogen (secondary N) is 1. The van der Waals surface area contributed by atoms with E-state index in [1.54, 1.807) is 6.92 Å². The van der Waals surface area contributed by atoms with Gasteiger partial charge in [-0.1, -0.05) is 12.1 Å². The number of carbonyl (C=O) groups is 1. The maximum absolute atomic E-state index is 10.7. The molecular weight excluding hydrogens is 192 g/mol. The molecule has 76 valence electrons. The monoisotopic (exact) mass is 202 g/mol. The summed E-state index contributed by atoms with van der Waals surface area (Å²) < 4.78 is 0. The first-order valence-corrected chi connectivity index (χ1v) is 4.46. The Kier molecular flexibility index (Phi) is 2.21. The third-order valence-corrected chi connectivity index (χ3v) is 1.99. The SMILES string of the molecule is Cc1nc2ccccc2nc1NC(N)=O. The lowest BCUT2D eigenvalue weighted by molar-refractivity contribution is 0.259. The second kappa shape index (κ2) is 3.53. The van der Waals surface area contributed by atoms with Crippen molar-refractivity contribution in [3.63, 3.8) is 0 Å². The summed E-state index contributed by atoms with van der Waals surface area (Å²) in [6.07, 6.45) is 0. The predicted octanol–water partition coefficient (Wildman–Crippen LogP) is 1.43. The number of carbonyl (C=O) groups excluding carboxylic acids is 1. The van der Waals surface area contributed by atoms with Gasteiger partial charge in [-0.2, -0.15) is 0 Å². The first kappa shape index (κ1) is 9.39. The van der Waals surface area contributed by atoms with Gasteiger partial charge in [-0.3, -0.25) is 5.32 Å². The molecule has 1 heterocycles. The minimum Gasteiger partial charge on any atom is -0.351 e. The fraction of sp³-hybridized carbons (Fsp3) is 0.100. The highest BCUT2D eigenvalue weighted by Gasteiger charge is 2.05. The van der Waals surface area contributed by atoms with E-state index in [-0.39, 0.29) is 0 Å². The summed E-state index contributed by atoms with van der Waals surface area (Å²) in [6, 6.07) is 6.80. The molecule has 0 atom stereocenters. The second-order valence-corrected chi connectivity index (χ2v) is 3.14. The minimum atomic E-state index is -0.636. The zero-order valence-corrected chi connectivity index (χ0v) is 8.19. The maximum atomic E-state index is 10.7. The molecule has 0 aliphatic heterocycles. The Morgan fingerprint density at radius 1 is 1.27 bits per heavy atom. The van der Waals surface area contributed by atoms with Crippen LogP contribution in [-0.2, 0) is 0 Å². The van der Waals surface area contributed by atoms with E-state index in [2.05, 4.69) is 15.3 Å². The number of aromatic nitrogens is 2. The molecule has 0 aliphatic carbocycles. The van der Waals surface area contributed by atoms with Crippen LogP contribution in [0.2, 0.25) is 0 Å². The summed E-state index contributed by atoms with van der Waals surface area (Å²) in [7, 11) is 0. The van der Waals surface area contributed by atoms with Gasteiger partial charge in [-0.05, 0) is 19.1 Å². The van der Waals surface area contributed by atoms with Crippen molar-refractivity contribution in [3.05, 3.63) is 30.0 Å². The summed E-state index contributed by atoms with van der Waals surface area (Å²) in [5.41, 5.74) is 7.19. The van der Waals surface area contributed by atoms with Crippen molar-refractivity contribution in [2.24, 2.45) is 5.73 Å². The Balaban J connectivity index is 2.56. The standard InChI is InChI=1S/C10H10N4O/c1-6-9(14-10(11)15)13-8-5-3-2-4-7(8)12-6/h2-5H,1H3,(H3,11,13,14,15). The van der Waals surface area contributed by atoms with Gasteiger partial charge in [0.05, 0.1) is 16.7 Å². The third kappa shape index (κ3) is 1.85. The Morgan fingerprint density at radius 2 is 1.87 bits per heavy atom. The molecule has 0 unspecified atom stereocenters. The Morgan fingerprint density at radius 3 is 2.47 bits per heavy atom. The van der Waals surface area contributed by atoms with Crippen LogP contribution in [0, 0.1) is 6.92 Å². The van der Waals surface area contributed by atoms with E-state index in [4.69, 9.17) is 5.73 Å². The molecule has 3 N–H and O–H groups in total. The molecule has 0 radical (unpaired) electrons. The molecule has 5 heteroatoms. The molecule has 5 nitrogen and oxygen atoms in total. The van der Waals surface area contributed by atoms with Crippen LogP contribution < -0.4 is 11.1 Å². The smallest absolute Gasteiger partial charge is 0.317 e. The van der Waals surface area contributed by atoms with Crippen molar-refractivity contribution in [3.8, 4) is 0 Å². The van der Waals surface area contributed by atoms with E-state index in [9.17, 15) is 4.79 Å². The minimum absolute atomic E-state index is 0.404. The number of nitrogens with zero attached hydrogens (tertiary/aromatic N) is 2. The van der Waals surface area contributed by atoms with Gasteiger partial charge in [0, 0.05) is 0 Å². The van der Waals surface area contributed by atoms with E-state index in [0.29, 0.717) is 11.5 Å². The van der Waals surface area contributed by atoms with Crippen molar-refractivity contribution in [1.29, 1.82) is 0 Å².